The molecule has 118 valence electrons. The van der Waals surface area contributed by atoms with E-state index in [9.17, 15) is 0 Å². The van der Waals surface area contributed by atoms with Gasteiger partial charge >= 0.3 is 0 Å². The molecule has 1 aliphatic rings. The summed E-state index contributed by atoms with van der Waals surface area (Å²) < 4.78 is 10.6. The van der Waals surface area contributed by atoms with Gasteiger partial charge in [0, 0.05) is 38.4 Å². The number of rotatable bonds is 5. The van der Waals surface area contributed by atoms with Crippen molar-refractivity contribution in [2.75, 3.05) is 20.2 Å². The first-order valence-electron chi connectivity index (χ1n) is 7.56. The number of piperidine rings is 1. The van der Waals surface area contributed by atoms with Crippen LogP contribution in [0.5, 0.6) is 0 Å². The SMILES string of the molecule is COCc1nccc(C2CCCN(Cc3nnc(C)o3)C2)n1. The van der Waals surface area contributed by atoms with Crippen LogP contribution in [0.4, 0.5) is 0 Å². The molecule has 3 heterocycles. The highest BCUT2D eigenvalue weighted by Gasteiger charge is 2.24. The van der Waals surface area contributed by atoms with Crippen molar-refractivity contribution >= 4 is 0 Å². The number of hydrogen-bond acceptors (Lipinski definition) is 7. The number of nitrogens with zero attached hydrogens (tertiary/aromatic N) is 5. The molecule has 0 N–H and O–H groups in total. The molecule has 1 atom stereocenters. The Kier molecular flexibility index (Phi) is 4.74. The van der Waals surface area contributed by atoms with Crippen LogP contribution in [-0.4, -0.2) is 45.3 Å². The van der Waals surface area contributed by atoms with Gasteiger partial charge in [0.05, 0.1) is 6.54 Å². The lowest BCUT2D eigenvalue weighted by Crippen LogP contribution is -2.34. The van der Waals surface area contributed by atoms with Gasteiger partial charge < -0.3 is 9.15 Å². The topological polar surface area (TPSA) is 77.2 Å². The van der Waals surface area contributed by atoms with Gasteiger partial charge in [-0.25, -0.2) is 9.97 Å². The van der Waals surface area contributed by atoms with Crippen molar-refractivity contribution in [2.45, 2.75) is 38.8 Å². The maximum absolute atomic E-state index is 5.47. The zero-order valence-electron chi connectivity index (χ0n) is 13.0. The predicted octanol–water partition coefficient (Wildman–Crippen LogP) is 1.69. The van der Waals surface area contributed by atoms with E-state index in [0.717, 1.165) is 37.4 Å². The number of hydrogen-bond donors (Lipinski definition) is 0. The Morgan fingerprint density at radius 1 is 1.41 bits per heavy atom. The van der Waals surface area contributed by atoms with Crippen molar-refractivity contribution in [3.05, 3.63) is 35.6 Å². The quantitative estimate of drug-likeness (QED) is 0.831. The molecule has 0 spiro atoms. The summed E-state index contributed by atoms with van der Waals surface area (Å²) in [5, 5.41) is 7.96. The van der Waals surface area contributed by atoms with Crippen LogP contribution in [0, 0.1) is 6.92 Å². The van der Waals surface area contributed by atoms with Crippen LogP contribution in [0.25, 0.3) is 0 Å². The van der Waals surface area contributed by atoms with Gasteiger partial charge in [-0.3, -0.25) is 4.90 Å². The first-order valence-corrected chi connectivity index (χ1v) is 7.56. The van der Waals surface area contributed by atoms with Gasteiger partial charge in [-0.2, -0.15) is 0 Å². The van der Waals surface area contributed by atoms with Crippen molar-refractivity contribution in [2.24, 2.45) is 0 Å². The Balaban J connectivity index is 1.66. The molecular formula is C15H21N5O2. The molecule has 7 heteroatoms. The summed E-state index contributed by atoms with van der Waals surface area (Å²) in [5.41, 5.74) is 1.09. The highest BCUT2D eigenvalue weighted by Crippen LogP contribution is 2.26. The van der Waals surface area contributed by atoms with Crippen LogP contribution in [-0.2, 0) is 17.9 Å². The molecule has 2 aromatic rings. The smallest absolute Gasteiger partial charge is 0.230 e. The maximum Gasteiger partial charge on any atom is 0.230 e. The minimum Gasteiger partial charge on any atom is -0.424 e. The summed E-state index contributed by atoms with van der Waals surface area (Å²) in [6.07, 6.45) is 4.10. The molecule has 1 unspecified atom stereocenters. The zero-order valence-corrected chi connectivity index (χ0v) is 13.0. The van der Waals surface area contributed by atoms with Gasteiger partial charge in [0.2, 0.25) is 11.8 Å². The largest absolute Gasteiger partial charge is 0.424 e. The molecule has 0 aliphatic carbocycles. The van der Waals surface area contributed by atoms with E-state index in [-0.39, 0.29) is 0 Å². The molecule has 0 bridgehead atoms. The molecule has 2 aromatic heterocycles. The van der Waals surface area contributed by atoms with Crippen molar-refractivity contribution in [1.29, 1.82) is 0 Å². The zero-order chi connectivity index (χ0) is 15.4. The van der Waals surface area contributed by atoms with Gasteiger partial charge in [0.15, 0.2) is 5.82 Å². The van der Waals surface area contributed by atoms with E-state index in [4.69, 9.17) is 9.15 Å². The fraction of sp³-hybridized carbons (Fsp3) is 0.600. The van der Waals surface area contributed by atoms with Crippen LogP contribution in [0.15, 0.2) is 16.7 Å². The number of ether oxygens (including phenoxy) is 1. The highest BCUT2D eigenvalue weighted by molar-refractivity contribution is 5.10. The average molecular weight is 303 g/mol. The van der Waals surface area contributed by atoms with E-state index >= 15 is 0 Å². The first-order chi connectivity index (χ1) is 10.7. The van der Waals surface area contributed by atoms with E-state index in [1.54, 1.807) is 7.11 Å². The van der Waals surface area contributed by atoms with Crippen molar-refractivity contribution < 1.29 is 9.15 Å². The van der Waals surface area contributed by atoms with Crippen LogP contribution in [0.1, 0.15) is 42.1 Å². The number of aryl methyl sites for hydroxylation is 1. The lowest BCUT2D eigenvalue weighted by atomic mass is 9.94. The summed E-state index contributed by atoms with van der Waals surface area (Å²) in [4.78, 5) is 11.2. The molecule has 0 aromatic carbocycles. The number of aromatic nitrogens is 4. The molecule has 0 saturated carbocycles. The summed E-state index contributed by atoms with van der Waals surface area (Å²) in [5.74, 6) is 2.45. The Morgan fingerprint density at radius 3 is 3.09 bits per heavy atom. The summed E-state index contributed by atoms with van der Waals surface area (Å²) in [7, 11) is 1.66. The predicted molar refractivity (Wildman–Crippen MR) is 79.0 cm³/mol. The Morgan fingerprint density at radius 2 is 2.32 bits per heavy atom. The molecule has 0 amide bonds. The minimum absolute atomic E-state index is 0.413. The van der Waals surface area contributed by atoms with Gasteiger partial charge in [-0.05, 0) is 25.5 Å². The second kappa shape index (κ2) is 6.93. The Labute approximate surface area is 129 Å². The molecule has 7 nitrogen and oxygen atoms in total. The average Bonchev–Trinajstić information content (AvgIpc) is 2.93. The van der Waals surface area contributed by atoms with E-state index in [0.29, 0.717) is 30.9 Å². The van der Waals surface area contributed by atoms with E-state index in [2.05, 4.69) is 25.1 Å². The minimum atomic E-state index is 0.413. The molecular weight excluding hydrogens is 282 g/mol. The molecule has 1 fully saturated rings. The van der Waals surface area contributed by atoms with Crippen molar-refractivity contribution in [3.63, 3.8) is 0 Å². The van der Waals surface area contributed by atoms with Crippen molar-refractivity contribution in [3.8, 4) is 0 Å². The summed E-state index contributed by atoms with van der Waals surface area (Å²) in [6.45, 7) is 4.96. The van der Waals surface area contributed by atoms with Crippen LogP contribution in [0.3, 0.4) is 0 Å². The Bertz CT molecular complexity index is 615. The summed E-state index contributed by atoms with van der Waals surface area (Å²) >= 11 is 0. The second-order valence-electron chi connectivity index (χ2n) is 5.62. The van der Waals surface area contributed by atoms with Crippen molar-refractivity contribution in [1.82, 2.24) is 25.1 Å². The first kappa shape index (κ1) is 15.1. The monoisotopic (exact) mass is 303 g/mol. The van der Waals surface area contributed by atoms with Crippen LogP contribution in [0.2, 0.25) is 0 Å². The lowest BCUT2D eigenvalue weighted by molar-refractivity contribution is 0.173. The molecule has 22 heavy (non-hydrogen) atoms. The molecule has 0 radical (unpaired) electrons. The normalized spacial score (nSPS) is 19.5. The van der Waals surface area contributed by atoms with E-state index in [1.165, 1.54) is 0 Å². The second-order valence-corrected chi connectivity index (χ2v) is 5.62. The third kappa shape index (κ3) is 3.66. The lowest BCUT2D eigenvalue weighted by Gasteiger charge is -2.31. The highest BCUT2D eigenvalue weighted by atomic mass is 16.5. The van der Waals surface area contributed by atoms with Gasteiger partial charge in [-0.15, -0.1) is 10.2 Å². The van der Waals surface area contributed by atoms with Crippen LogP contribution >= 0.6 is 0 Å². The van der Waals surface area contributed by atoms with E-state index in [1.807, 2.05) is 19.2 Å². The standard InChI is InChI=1S/C15H21N5O2/c1-11-18-19-15(22-11)9-20-7-3-4-12(8-20)13-5-6-16-14(17-13)10-21-2/h5-6,12H,3-4,7-10H2,1-2H3. The summed E-state index contributed by atoms with van der Waals surface area (Å²) in [6, 6.07) is 2.00. The van der Waals surface area contributed by atoms with E-state index < -0.39 is 0 Å². The van der Waals surface area contributed by atoms with Gasteiger partial charge in [-0.1, -0.05) is 0 Å². The fourth-order valence-corrected chi connectivity index (χ4v) is 2.87. The maximum atomic E-state index is 5.47. The fourth-order valence-electron chi connectivity index (χ4n) is 2.87. The third-order valence-electron chi connectivity index (χ3n) is 3.85. The molecule has 3 rings (SSSR count). The third-order valence-corrected chi connectivity index (χ3v) is 3.85. The molecule has 1 saturated heterocycles. The number of methoxy groups -OCH3 is 1. The van der Waals surface area contributed by atoms with Gasteiger partial charge in [0.25, 0.3) is 0 Å². The molecule has 1 aliphatic heterocycles. The van der Waals surface area contributed by atoms with Gasteiger partial charge in [0.1, 0.15) is 6.61 Å². The van der Waals surface area contributed by atoms with Crippen LogP contribution < -0.4 is 0 Å². The number of likely N-dealkylation sites (tertiary alicyclic amines) is 1. The Hall–Kier alpha value is -1.86.